The summed E-state index contributed by atoms with van der Waals surface area (Å²) >= 11 is 0. The second kappa shape index (κ2) is 9.50. The van der Waals surface area contributed by atoms with Gasteiger partial charge < -0.3 is 14.5 Å². The van der Waals surface area contributed by atoms with E-state index in [2.05, 4.69) is 10.2 Å². The largest absolute Gasteiger partial charge is 0.480 e. The minimum Gasteiger partial charge on any atom is -0.480 e. The van der Waals surface area contributed by atoms with E-state index in [0.29, 0.717) is 30.2 Å². The van der Waals surface area contributed by atoms with Crippen LogP contribution in [0.4, 0.5) is 13.2 Å². The topological polar surface area (TPSA) is 75.6 Å². The van der Waals surface area contributed by atoms with Gasteiger partial charge in [-0.3, -0.25) is 9.59 Å². The van der Waals surface area contributed by atoms with Crippen molar-refractivity contribution in [1.29, 1.82) is 0 Å². The molecule has 176 valence electrons. The summed E-state index contributed by atoms with van der Waals surface area (Å²) in [5, 5.41) is 8.05. The summed E-state index contributed by atoms with van der Waals surface area (Å²) in [5.41, 5.74) is 1.19. The monoisotopic (exact) mass is 470 g/mol. The standard InChI is InChI=1S/C24H21F3N4O3/c1-34-21-10-9-20(28-29-21)17-3-2-4-18(15-17)23(33)31-13-11-30(12-14-31)22(32)16-5-7-19(8-6-16)24(25,26)27/h2-10,15H,11-14H2,1H3. The second-order valence-electron chi connectivity index (χ2n) is 7.70. The summed E-state index contributed by atoms with van der Waals surface area (Å²) in [4.78, 5) is 28.9. The first-order valence-corrected chi connectivity index (χ1v) is 10.5. The van der Waals surface area contributed by atoms with Crippen molar-refractivity contribution in [3.8, 4) is 17.1 Å². The molecule has 2 amide bonds. The molecular weight excluding hydrogens is 449 g/mol. The van der Waals surface area contributed by atoms with Crippen molar-refractivity contribution < 1.29 is 27.5 Å². The lowest BCUT2D eigenvalue weighted by Crippen LogP contribution is -2.50. The number of ether oxygens (including phenoxy) is 1. The SMILES string of the molecule is COc1ccc(-c2cccc(C(=O)N3CCN(C(=O)c4ccc(C(F)(F)F)cc4)CC3)c2)nn1. The predicted molar refractivity (Wildman–Crippen MR) is 117 cm³/mol. The number of hydrogen-bond donors (Lipinski definition) is 0. The smallest absolute Gasteiger partial charge is 0.416 e. The Morgan fingerprint density at radius 1 is 0.824 bits per heavy atom. The average molecular weight is 470 g/mol. The van der Waals surface area contributed by atoms with Gasteiger partial charge in [0, 0.05) is 48.9 Å². The molecule has 0 bridgehead atoms. The van der Waals surface area contributed by atoms with Crippen LogP contribution in [0.3, 0.4) is 0 Å². The molecule has 2 heterocycles. The van der Waals surface area contributed by atoms with Gasteiger partial charge in [0.05, 0.1) is 18.4 Å². The Kier molecular flexibility index (Phi) is 6.49. The highest BCUT2D eigenvalue weighted by Gasteiger charge is 2.31. The molecule has 1 aliphatic rings. The lowest BCUT2D eigenvalue weighted by Gasteiger charge is -2.35. The van der Waals surface area contributed by atoms with Gasteiger partial charge in [-0.05, 0) is 42.5 Å². The van der Waals surface area contributed by atoms with Crippen LogP contribution in [0.2, 0.25) is 0 Å². The Bertz CT molecular complexity index is 1170. The minimum absolute atomic E-state index is 0.176. The molecule has 10 heteroatoms. The third-order valence-electron chi connectivity index (χ3n) is 5.57. The number of methoxy groups -OCH3 is 1. The van der Waals surface area contributed by atoms with Crippen molar-refractivity contribution in [3.05, 3.63) is 77.4 Å². The second-order valence-corrected chi connectivity index (χ2v) is 7.70. The Morgan fingerprint density at radius 3 is 1.97 bits per heavy atom. The number of rotatable bonds is 4. The maximum absolute atomic E-state index is 13.0. The molecule has 1 aliphatic heterocycles. The zero-order chi connectivity index (χ0) is 24.3. The number of hydrogen-bond acceptors (Lipinski definition) is 5. The van der Waals surface area contributed by atoms with Gasteiger partial charge in [0.2, 0.25) is 5.88 Å². The Balaban J connectivity index is 1.39. The molecule has 34 heavy (non-hydrogen) atoms. The van der Waals surface area contributed by atoms with Crippen molar-refractivity contribution in [1.82, 2.24) is 20.0 Å². The lowest BCUT2D eigenvalue weighted by molar-refractivity contribution is -0.137. The zero-order valence-electron chi connectivity index (χ0n) is 18.2. The molecule has 0 spiro atoms. The summed E-state index contributed by atoms with van der Waals surface area (Å²) in [6.45, 7) is 1.21. The molecule has 1 fully saturated rings. The van der Waals surface area contributed by atoms with Gasteiger partial charge >= 0.3 is 6.18 Å². The van der Waals surface area contributed by atoms with E-state index in [1.807, 2.05) is 6.07 Å². The summed E-state index contributed by atoms with van der Waals surface area (Å²) in [5.74, 6) is -0.148. The van der Waals surface area contributed by atoms with Gasteiger partial charge in [0.1, 0.15) is 0 Å². The first-order chi connectivity index (χ1) is 16.3. The first kappa shape index (κ1) is 23.2. The molecule has 3 aromatic rings. The summed E-state index contributed by atoms with van der Waals surface area (Å²) in [6.07, 6.45) is -4.45. The van der Waals surface area contributed by atoms with E-state index < -0.39 is 11.7 Å². The Labute approximate surface area is 193 Å². The number of amides is 2. The highest BCUT2D eigenvalue weighted by molar-refractivity contribution is 5.96. The molecule has 1 aromatic heterocycles. The normalized spacial score (nSPS) is 14.1. The highest BCUT2D eigenvalue weighted by Crippen LogP contribution is 2.29. The molecule has 0 aliphatic carbocycles. The van der Waals surface area contributed by atoms with Gasteiger partial charge in [-0.1, -0.05) is 12.1 Å². The third-order valence-corrected chi connectivity index (χ3v) is 5.57. The van der Waals surface area contributed by atoms with Gasteiger partial charge in [-0.2, -0.15) is 13.2 Å². The average Bonchev–Trinajstić information content (AvgIpc) is 2.87. The van der Waals surface area contributed by atoms with Crippen LogP contribution in [0.1, 0.15) is 26.3 Å². The van der Waals surface area contributed by atoms with Crippen LogP contribution in [0.5, 0.6) is 5.88 Å². The van der Waals surface area contributed by atoms with Gasteiger partial charge in [0.25, 0.3) is 11.8 Å². The Morgan fingerprint density at radius 2 is 1.44 bits per heavy atom. The van der Waals surface area contributed by atoms with Crippen molar-refractivity contribution in [3.63, 3.8) is 0 Å². The fourth-order valence-corrected chi connectivity index (χ4v) is 3.67. The van der Waals surface area contributed by atoms with Gasteiger partial charge in [0.15, 0.2) is 0 Å². The van der Waals surface area contributed by atoms with E-state index in [-0.39, 0.29) is 30.5 Å². The number of nitrogens with zero attached hydrogens (tertiary/aromatic N) is 4. The van der Waals surface area contributed by atoms with E-state index >= 15 is 0 Å². The number of aromatic nitrogens is 2. The lowest BCUT2D eigenvalue weighted by atomic mass is 10.1. The van der Waals surface area contributed by atoms with Gasteiger partial charge in [-0.15, -0.1) is 10.2 Å². The number of piperazine rings is 1. The van der Waals surface area contributed by atoms with Crippen molar-refractivity contribution >= 4 is 11.8 Å². The van der Waals surface area contributed by atoms with E-state index in [4.69, 9.17) is 4.74 Å². The van der Waals surface area contributed by atoms with E-state index in [9.17, 15) is 22.8 Å². The van der Waals surface area contributed by atoms with E-state index in [0.717, 1.165) is 17.7 Å². The first-order valence-electron chi connectivity index (χ1n) is 10.5. The molecule has 0 radical (unpaired) electrons. The molecule has 2 aromatic carbocycles. The molecule has 4 rings (SSSR count). The van der Waals surface area contributed by atoms with Crippen LogP contribution >= 0.6 is 0 Å². The van der Waals surface area contributed by atoms with E-state index in [1.165, 1.54) is 24.1 Å². The number of carbonyl (C=O) groups is 2. The van der Waals surface area contributed by atoms with Crippen molar-refractivity contribution in [2.24, 2.45) is 0 Å². The maximum Gasteiger partial charge on any atom is 0.416 e. The number of alkyl halides is 3. The maximum atomic E-state index is 13.0. The van der Waals surface area contributed by atoms with Crippen LogP contribution in [-0.2, 0) is 6.18 Å². The third kappa shape index (κ3) is 5.00. The van der Waals surface area contributed by atoms with Crippen LogP contribution in [0.15, 0.2) is 60.7 Å². The summed E-state index contributed by atoms with van der Waals surface area (Å²) in [6, 6.07) is 14.6. The molecular formula is C24H21F3N4O3. The predicted octanol–water partition coefficient (Wildman–Crippen LogP) is 3.77. The molecule has 0 N–H and O–H groups in total. The highest BCUT2D eigenvalue weighted by atomic mass is 19.4. The number of halogens is 3. The van der Waals surface area contributed by atoms with Crippen molar-refractivity contribution in [2.75, 3.05) is 33.3 Å². The van der Waals surface area contributed by atoms with Gasteiger partial charge in [-0.25, -0.2) is 0 Å². The molecule has 7 nitrogen and oxygen atoms in total. The molecule has 0 unspecified atom stereocenters. The van der Waals surface area contributed by atoms with Crippen LogP contribution in [0, 0.1) is 0 Å². The zero-order valence-corrected chi connectivity index (χ0v) is 18.2. The van der Waals surface area contributed by atoms with Crippen LogP contribution in [0.25, 0.3) is 11.3 Å². The molecule has 0 saturated carbocycles. The van der Waals surface area contributed by atoms with E-state index in [1.54, 1.807) is 35.2 Å². The fraction of sp³-hybridized carbons (Fsp3) is 0.250. The summed E-state index contributed by atoms with van der Waals surface area (Å²) < 4.78 is 43.2. The Hall–Kier alpha value is -3.95. The van der Waals surface area contributed by atoms with Crippen LogP contribution < -0.4 is 4.74 Å². The molecule has 0 atom stereocenters. The quantitative estimate of drug-likeness (QED) is 0.580. The van der Waals surface area contributed by atoms with Crippen molar-refractivity contribution in [2.45, 2.75) is 6.18 Å². The number of benzene rings is 2. The summed E-state index contributed by atoms with van der Waals surface area (Å²) in [7, 11) is 1.50. The van der Waals surface area contributed by atoms with Crippen LogP contribution in [-0.4, -0.2) is 65.1 Å². The molecule has 1 saturated heterocycles. The minimum atomic E-state index is -4.45. The number of carbonyl (C=O) groups excluding carboxylic acids is 2. The fourth-order valence-electron chi connectivity index (χ4n) is 3.67.